The van der Waals surface area contributed by atoms with Gasteiger partial charge in [-0.05, 0) is 30.7 Å². The number of aryl methyl sites for hydroxylation is 1. The summed E-state index contributed by atoms with van der Waals surface area (Å²) < 4.78 is 25.4. The lowest BCUT2D eigenvalue weighted by Gasteiger charge is -2.19. The van der Waals surface area contributed by atoms with Crippen LogP contribution in [0.5, 0.6) is 0 Å². The molecule has 21 heavy (non-hydrogen) atoms. The van der Waals surface area contributed by atoms with Gasteiger partial charge < -0.3 is 9.88 Å². The number of hydrogen-bond acceptors (Lipinski definition) is 4. The van der Waals surface area contributed by atoms with Gasteiger partial charge in [-0.15, -0.1) is 0 Å². The molecule has 0 fully saturated rings. The number of benzene rings is 1. The molecule has 0 aliphatic heterocycles. The van der Waals surface area contributed by atoms with E-state index in [2.05, 4.69) is 17.2 Å². The van der Waals surface area contributed by atoms with Crippen molar-refractivity contribution in [2.45, 2.75) is 24.3 Å². The molecule has 0 amide bonds. The van der Waals surface area contributed by atoms with Gasteiger partial charge in [0.2, 0.25) is 0 Å². The van der Waals surface area contributed by atoms with Gasteiger partial charge in [0.1, 0.15) is 5.82 Å². The summed E-state index contributed by atoms with van der Waals surface area (Å²) in [5.74, 6) is 0.870. The van der Waals surface area contributed by atoms with E-state index in [1.165, 1.54) is 6.26 Å². The summed E-state index contributed by atoms with van der Waals surface area (Å²) in [4.78, 5) is 4.72. The quantitative estimate of drug-likeness (QED) is 0.885. The molecule has 0 saturated carbocycles. The van der Waals surface area contributed by atoms with Crippen LogP contribution in [0.1, 0.15) is 30.8 Å². The predicted octanol–water partition coefficient (Wildman–Crippen LogP) is 1.91. The average molecular weight is 307 g/mol. The molecular weight excluding hydrogens is 286 g/mol. The highest BCUT2D eigenvalue weighted by atomic mass is 32.2. The van der Waals surface area contributed by atoms with Crippen LogP contribution in [0.2, 0.25) is 0 Å². The molecular formula is C15H21N3O2S. The van der Waals surface area contributed by atoms with Crippen molar-refractivity contribution in [1.29, 1.82) is 0 Å². The maximum Gasteiger partial charge on any atom is 0.175 e. The lowest BCUT2D eigenvalue weighted by Crippen LogP contribution is -2.26. The Hall–Kier alpha value is -1.66. The topological polar surface area (TPSA) is 64.0 Å². The SMILES string of the molecule is CCCNC(c1cccc(S(C)(=O)=O)c1)c1nccn1C. The first kappa shape index (κ1) is 15.7. The maximum absolute atomic E-state index is 11.7. The third kappa shape index (κ3) is 3.71. The number of imidazole rings is 1. The van der Waals surface area contributed by atoms with Crippen LogP contribution in [0.15, 0.2) is 41.6 Å². The minimum Gasteiger partial charge on any atom is -0.336 e. The highest BCUT2D eigenvalue weighted by Crippen LogP contribution is 2.23. The summed E-state index contributed by atoms with van der Waals surface area (Å²) in [6.45, 7) is 2.93. The van der Waals surface area contributed by atoms with E-state index in [0.29, 0.717) is 4.90 Å². The van der Waals surface area contributed by atoms with Crippen molar-refractivity contribution in [2.24, 2.45) is 7.05 Å². The van der Waals surface area contributed by atoms with Gasteiger partial charge >= 0.3 is 0 Å². The third-order valence-electron chi connectivity index (χ3n) is 3.33. The van der Waals surface area contributed by atoms with E-state index < -0.39 is 9.84 Å². The molecule has 0 bridgehead atoms. The molecule has 2 aromatic rings. The van der Waals surface area contributed by atoms with Gasteiger partial charge in [-0.25, -0.2) is 13.4 Å². The molecule has 1 atom stereocenters. The number of aromatic nitrogens is 2. The van der Waals surface area contributed by atoms with Crippen LogP contribution in [0, 0.1) is 0 Å². The predicted molar refractivity (Wildman–Crippen MR) is 82.9 cm³/mol. The smallest absolute Gasteiger partial charge is 0.175 e. The number of rotatable bonds is 6. The zero-order valence-corrected chi connectivity index (χ0v) is 13.4. The Bertz CT molecular complexity index is 707. The Labute approximate surface area is 125 Å². The molecule has 1 aromatic carbocycles. The molecule has 5 nitrogen and oxygen atoms in total. The average Bonchev–Trinajstić information content (AvgIpc) is 2.85. The first-order valence-electron chi connectivity index (χ1n) is 6.94. The van der Waals surface area contributed by atoms with Crippen molar-refractivity contribution in [1.82, 2.24) is 14.9 Å². The fourth-order valence-electron chi connectivity index (χ4n) is 2.23. The fraction of sp³-hybridized carbons (Fsp3) is 0.400. The van der Waals surface area contributed by atoms with Crippen LogP contribution in [-0.2, 0) is 16.9 Å². The van der Waals surface area contributed by atoms with Crippen molar-refractivity contribution in [3.8, 4) is 0 Å². The molecule has 2 rings (SSSR count). The first-order chi connectivity index (χ1) is 9.93. The van der Waals surface area contributed by atoms with Crippen molar-refractivity contribution in [3.05, 3.63) is 48.0 Å². The molecule has 0 radical (unpaired) electrons. The van der Waals surface area contributed by atoms with Crippen LogP contribution >= 0.6 is 0 Å². The highest BCUT2D eigenvalue weighted by molar-refractivity contribution is 7.90. The van der Waals surface area contributed by atoms with Gasteiger partial charge in [0, 0.05) is 25.7 Å². The Morgan fingerprint density at radius 1 is 1.38 bits per heavy atom. The van der Waals surface area contributed by atoms with E-state index in [1.807, 2.05) is 23.9 Å². The summed E-state index contributed by atoms with van der Waals surface area (Å²) in [5.41, 5.74) is 0.903. The van der Waals surface area contributed by atoms with Crippen LogP contribution in [0.3, 0.4) is 0 Å². The van der Waals surface area contributed by atoms with Crippen LogP contribution in [0.4, 0.5) is 0 Å². The molecule has 0 saturated heterocycles. The summed E-state index contributed by atoms with van der Waals surface area (Å²) in [5, 5.41) is 3.43. The highest BCUT2D eigenvalue weighted by Gasteiger charge is 2.19. The molecule has 0 aliphatic rings. The molecule has 0 aliphatic carbocycles. The van der Waals surface area contributed by atoms with E-state index in [1.54, 1.807) is 24.4 Å². The van der Waals surface area contributed by atoms with E-state index in [4.69, 9.17) is 0 Å². The van der Waals surface area contributed by atoms with Gasteiger partial charge in [0.25, 0.3) is 0 Å². The van der Waals surface area contributed by atoms with Gasteiger partial charge in [0.05, 0.1) is 10.9 Å². The largest absolute Gasteiger partial charge is 0.336 e. The summed E-state index contributed by atoms with van der Waals surface area (Å²) in [6, 6.07) is 6.92. The zero-order valence-electron chi connectivity index (χ0n) is 12.6. The van der Waals surface area contributed by atoms with E-state index >= 15 is 0 Å². The monoisotopic (exact) mass is 307 g/mol. The van der Waals surface area contributed by atoms with Crippen molar-refractivity contribution >= 4 is 9.84 Å². The Balaban J connectivity index is 2.44. The van der Waals surface area contributed by atoms with Crippen LogP contribution in [-0.4, -0.2) is 30.8 Å². The minimum absolute atomic E-state index is 0.119. The summed E-state index contributed by atoms with van der Waals surface area (Å²) >= 11 is 0. The standard InChI is InChI=1S/C15H21N3O2S/c1-4-8-16-14(15-17-9-10-18(15)2)12-6-5-7-13(11-12)21(3,19)20/h5-7,9-11,14,16H,4,8H2,1-3H3. The normalized spacial score (nSPS) is 13.3. The van der Waals surface area contributed by atoms with E-state index in [0.717, 1.165) is 24.4 Å². The lowest BCUT2D eigenvalue weighted by atomic mass is 10.1. The van der Waals surface area contributed by atoms with Gasteiger partial charge in [0.15, 0.2) is 9.84 Å². The third-order valence-corrected chi connectivity index (χ3v) is 4.44. The maximum atomic E-state index is 11.7. The number of nitrogens with one attached hydrogen (secondary N) is 1. The Kier molecular flexibility index (Phi) is 4.80. The van der Waals surface area contributed by atoms with E-state index in [9.17, 15) is 8.42 Å². The lowest BCUT2D eigenvalue weighted by molar-refractivity contribution is 0.554. The fourth-order valence-corrected chi connectivity index (χ4v) is 2.90. The van der Waals surface area contributed by atoms with Gasteiger partial charge in [-0.2, -0.15) is 0 Å². The van der Waals surface area contributed by atoms with Gasteiger partial charge in [-0.1, -0.05) is 19.1 Å². The molecule has 114 valence electrons. The van der Waals surface area contributed by atoms with Crippen molar-refractivity contribution in [3.63, 3.8) is 0 Å². The second kappa shape index (κ2) is 6.41. The second-order valence-corrected chi connectivity index (χ2v) is 7.14. The molecule has 1 N–H and O–H groups in total. The Morgan fingerprint density at radius 3 is 2.71 bits per heavy atom. The molecule has 1 heterocycles. The van der Waals surface area contributed by atoms with Crippen molar-refractivity contribution in [2.75, 3.05) is 12.8 Å². The second-order valence-electron chi connectivity index (χ2n) is 5.13. The van der Waals surface area contributed by atoms with Crippen molar-refractivity contribution < 1.29 is 8.42 Å². The zero-order chi connectivity index (χ0) is 15.5. The minimum atomic E-state index is -3.21. The van der Waals surface area contributed by atoms with Gasteiger partial charge in [-0.3, -0.25) is 0 Å². The number of hydrogen-bond donors (Lipinski definition) is 1. The summed E-state index contributed by atoms with van der Waals surface area (Å²) in [7, 11) is -1.28. The number of nitrogens with zero attached hydrogens (tertiary/aromatic N) is 2. The molecule has 6 heteroatoms. The summed E-state index contributed by atoms with van der Waals surface area (Å²) in [6.07, 6.45) is 5.85. The Morgan fingerprint density at radius 2 is 2.14 bits per heavy atom. The molecule has 1 unspecified atom stereocenters. The molecule has 0 spiro atoms. The van der Waals surface area contributed by atoms with Crippen LogP contribution < -0.4 is 5.32 Å². The first-order valence-corrected chi connectivity index (χ1v) is 8.83. The van der Waals surface area contributed by atoms with Crippen LogP contribution in [0.25, 0.3) is 0 Å². The number of sulfone groups is 1. The van der Waals surface area contributed by atoms with E-state index in [-0.39, 0.29) is 6.04 Å². The molecule has 1 aromatic heterocycles.